The summed E-state index contributed by atoms with van der Waals surface area (Å²) in [5, 5.41) is 0. The van der Waals surface area contributed by atoms with Gasteiger partial charge in [-0.2, -0.15) is 0 Å². The van der Waals surface area contributed by atoms with E-state index in [0.717, 1.165) is 38.5 Å². The largest absolute Gasteiger partial charge is 0.481 e. The van der Waals surface area contributed by atoms with E-state index in [1.54, 1.807) is 0 Å². The zero-order valence-electron chi connectivity index (χ0n) is 16.0. The Morgan fingerprint density at radius 1 is 1.08 bits per heavy atom. The fraction of sp³-hybridized carbons (Fsp3) is 0.409. The Morgan fingerprint density at radius 2 is 1.77 bits per heavy atom. The lowest BCUT2D eigenvalue weighted by atomic mass is 10.1. The van der Waals surface area contributed by atoms with Gasteiger partial charge in [0.15, 0.2) is 6.10 Å². The molecule has 3 rings (SSSR count). The van der Waals surface area contributed by atoms with Crippen LogP contribution in [0.15, 0.2) is 48.5 Å². The number of rotatable bonds is 5. The van der Waals surface area contributed by atoms with E-state index < -0.39 is 6.10 Å². The van der Waals surface area contributed by atoms with Crippen LogP contribution >= 0.6 is 0 Å². The van der Waals surface area contributed by atoms with Crippen molar-refractivity contribution in [2.45, 2.75) is 33.4 Å². The monoisotopic (exact) mass is 353 g/mol. The summed E-state index contributed by atoms with van der Waals surface area (Å²) < 4.78 is 5.89. The highest BCUT2D eigenvalue weighted by atomic mass is 16.5. The molecule has 138 valence electrons. The SMILES string of the molecule is Cc1ccc(O[C@H](C)C(=O)N2CC[NH+](Cc3ccccc3)CC2)cc1C. The van der Waals surface area contributed by atoms with Crippen molar-refractivity contribution >= 4 is 5.91 Å². The van der Waals surface area contributed by atoms with Gasteiger partial charge in [-0.1, -0.05) is 36.4 Å². The van der Waals surface area contributed by atoms with Crippen LogP contribution in [0.2, 0.25) is 0 Å². The van der Waals surface area contributed by atoms with Gasteiger partial charge in [-0.25, -0.2) is 0 Å². The van der Waals surface area contributed by atoms with E-state index in [4.69, 9.17) is 4.74 Å². The lowest BCUT2D eigenvalue weighted by Gasteiger charge is -2.33. The zero-order valence-corrected chi connectivity index (χ0v) is 16.0. The second-order valence-electron chi connectivity index (χ2n) is 7.24. The number of hydrogen-bond acceptors (Lipinski definition) is 2. The molecule has 4 heteroatoms. The minimum atomic E-state index is -0.451. The molecule has 1 heterocycles. The molecule has 0 radical (unpaired) electrons. The number of nitrogens with one attached hydrogen (secondary N) is 1. The number of carbonyl (C=O) groups excluding carboxylic acids is 1. The minimum absolute atomic E-state index is 0.0852. The summed E-state index contributed by atoms with van der Waals surface area (Å²) in [4.78, 5) is 16.2. The molecule has 1 aliphatic rings. The van der Waals surface area contributed by atoms with E-state index in [9.17, 15) is 4.79 Å². The molecule has 26 heavy (non-hydrogen) atoms. The summed E-state index contributed by atoms with van der Waals surface area (Å²) >= 11 is 0. The molecule has 1 aliphatic heterocycles. The van der Waals surface area contributed by atoms with E-state index >= 15 is 0 Å². The first kappa shape index (κ1) is 18.5. The summed E-state index contributed by atoms with van der Waals surface area (Å²) in [6.07, 6.45) is -0.451. The standard InChI is InChI=1S/C22H28N2O2/c1-17-9-10-21(15-18(17)2)26-19(3)22(25)24-13-11-23(12-14-24)16-20-7-5-4-6-8-20/h4-10,15,19H,11-14,16H2,1-3H3/p+1/t19-/m1/s1. The first-order valence-electron chi connectivity index (χ1n) is 9.43. The zero-order chi connectivity index (χ0) is 18.5. The molecule has 4 nitrogen and oxygen atoms in total. The van der Waals surface area contributed by atoms with Crippen molar-refractivity contribution in [3.8, 4) is 5.75 Å². The average molecular weight is 353 g/mol. The van der Waals surface area contributed by atoms with Crippen LogP contribution in [0.4, 0.5) is 0 Å². The second-order valence-corrected chi connectivity index (χ2v) is 7.24. The van der Waals surface area contributed by atoms with Gasteiger partial charge in [-0.15, -0.1) is 0 Å². The Balaban J connectivity index is 1.50. The number of carbonyl (C=O) groups is 1. The van der Waals surface area contributed by atoms with Crippen LogP contribution in [0, 0.1) is 13.8 Å². The molecule has 0 aromatic heterocycles. The molecule has 0 aliphatic carbocycles. The van der Waals surface area contributed by atoms with E-state index in [2.05, 4.69) is 38.1 Å². The van der Waals surface area contributed by atoms with Gasteiger partial charge in [0.1, 0.15) is 12.3 Å². The number of nitrogens with zero attached hydrogens (tertiary/aromatic N) is 1. The van der Waals surface area contributed by atoms with E-state index in [1.807, 2.05) is 36.1 Å². The minimum Gasteiger partial charge on any atom is -0.481 e. The van der Waals surface area contributed by atoms with Crippen molar-refractivity contribution in [1.29, 1.82) is 0 Å². The van der Waals surface area contributed by atoms with Crippen molar-refractivity contribution in [3.63, 3.8) is 0 Å². The first-order chi connectivity index (χ1) is 12.5. The normalized spacial score (nSPS) is 16.3. The summed E-state index contributed by atoms with van der Waals surface area (Å²) in [5.41, 5.74) is 3.77. The quantitative estimate of drug-likeness (QED) is 0.892. The molecule has 2 aromatic rings. The fourth-order valence-electron chi connectivity index (χ4n) is 3.40. The molecular formula is C22H29N2O2+. The van der Waals surface area contributed by atoms with E-state index in [-0.39, 0.29) is 5.91 Å². The third-order valence-electron chi connectivity index (χ3n) is 5.22. The van der Waals surface area contributed by atoms with Crippen molar-refractivity contribution in [2.75, 3.05) is 26.2 Å². The molecule has 2 aromatic carbocycles. The van der Waals surface area contributed by atoms with Crippen molar-refractivity contribution in [1.82, 2.24) is 4.90 Å². The third-order valence-corrected chi connectivity index (χ3v) is 5.22. The number of piperazine rings is 1. The Morgan fingerprint density at radius 3 is 2.42 bits per heavy atom. The number of amides is 1. The first-order valence-corrected chi connectivity index (χ1v) is 9.43. The molecule has 1 amide bonds. The van der Waals surface area contributed by atoms with Crippen LogP contribution in [0.3, 0.4) is 0 Å². The van der Waals surface area contributed by atoms with Gasteiger partial charge >= 0.3 is 0 Å². The smallest absolute Gasteiger partial charge is 0.263 e. The van der Waals surface area contributed by atoms with Gasteiger partial charge in [0.05, 0.1) is 26.2 Å². The van der Waals surface area contributed by atoms with Crippen LogP contribution in [0.1, 0.15) is 23.6 Å². The van der Waals surface area contributed by atoms with Gasteiger partial charge in [0.2, 0.25) is 0 Å². The Bertz CT molecular complexity index is 737. The second kappa shape index (κ2) is 8.37. The average Bonchev–Trinajstić information content (AvgIpc) is 2.65. The van der Waals surface area contributed by atoms with Crippen molar-refractivity contribution in [3.05, 3.63) is 65.2 Å². The van der Waals surface area contributed by atoms with Gasteiger partial charge in [0.25, 0.3) is 5.91 Å². The molecule has 1 fully saturated rings. The number of ether oxygens (including phenoxy) is 1. The summed E-state index contributed by atoms with van der Waals surface area (Å²) in [5.74, 6) is 0.851. The maximum atomic E-state index is 12.7. The molecule has 1 saturated heterocycles. The molecule has 1 atom stereocenters. The highest BCUT2D eigenvalue weighted by Crippen LogP contribution is 2.18. The van der Waals surface area contributed by atoms with Crippen LogP contribution in [0.25, 0.3) is 0 Å². The molecule has 1 N–H and O–H groups in total. The van der Waals surface area contributed by atoms with Crippen LogP contribution in [0.5, 0.6) is 5.75 Å². The predicted octanol–water partition coefficient (Wildman–Crippen LogP) is 2.00. The van der Waals surface area contributed by atoms with Crippen LogP contribution in [-0.4, -0.2) is 43.1 Å². The topological polar surface area (TPSA) is 34.0 Å². The molecule has 0 saturated carbocycles. The lowest BCUT2D eigenvalue weighted by Crippen LogP contribution is -3.13. The van der Waals surface area contributed by atoms with Crippen LogP contribution < -0.4 is 9.64 Å². The van der Waals surface area contributed by atoms with Crippen molar-refractivity contribution in [2.24, 2.45) is 0 Å². The summed E-state index contributed by atoms with van der Waals surface area (Å²) in [6, 6.07) is 16.5. The number of aryl methyl sites for hydroxylation is 2. The van der Waals surface area contributed by atoms with Crippen LogP contribution in [-0.2, 0) is 11.3 Å². The number of benzene rings is 2. The van der Waals surface area contributed by atoms with Gasteiger partial charge in [-0.3, -0.25) is 4.79 Å². The highest BCUT2D eigenvalue weighted by Gasteiger charge is 2.27. The maximum absolute atomic E-state index is 12.7. The lowest BCUT2D eigenvalue weighted by molar-refractivity contribution is -0.917. The van der Waals surface area contributed by atoms with Gasteiger partial charge in [0, 0.05) is 5.56 Å². The number of hydrogen-bond donors (Lipinski definition) is 1. The number of quaternary nitrogens is 1. The van der Waals surface area contributed by atoms with Gasteiger partial charge < -0.3 is 14.5 Å². The summed E-state index contributed by atoms with van der Waals surface area (Å²) in [6.45, 7) is 10.6. The highest BCUT2D eigenvalue weighted by molar-refractivity contribution is 5.81. The van der Waals surface area contributed by atoms with E-state index in [1.165, 1.54) is 21.6 Å². The van der Waals surface area contributed by atoms with Crippen molar-refractivity contribution < 1.29 is 14.4 Å². The Labute approximate surface area is 156 Å². The van der Waals surface area contributed by atoms with E-state index in [0.29, 0.717) is 0 Å². The molecule has 0 unspecified atom stereocenters. The third kappa shape index (κ3) is 4.64. The molecule has 0 spiro atoms. The maximum Gasteiger partial charge on any atom is 0.263 e. The Kier molecular flexibility index (Phi) is 5.94. The Hall–Kier alpha value is -2.33. The summed E-state index contributed by atoms with van der Waals surface area (Å²) in [7, 11) is 0. The fourth-order valence-corrected chi connectivity index (χ4v) is 3.40. The van der Waals surface area contributed by atoms with Gasteiger partial charge in [-0.05, 0) is 44.0 Å². The molecular weight excluding hydrogens is 324 g/mol. The predicted molar refractivity (Wildman–Crippen MR) is 103 cm³/mol. The molecule has 0 bridgehead atoms.